The molecule has 2 heterocycles. The van der Waals surface area contributed by atoms with Crippen molar-refractivity contribution < 1.29 is 9.53 Å². The number of Topliss-reactive ketones (excluding diaryl/α,β-unsaturated/α-hetero) is 1. The highest BCUT2D eigenvalue weighted by Crippen LogP contribution is 2.23. The fourth-order valence-corrected chi connectivity index (χ4v) is 2.95. The SMILES string of the molecule is COc1ccc2[nH]c(C(=O)Cc3ccc(-c4cnc(N)[nH]4)cc3)cc2c1. The molecule has 6 nitrogen and oxygen atoms in total. The third-order valence-electron chi connectivity index (χ3n) is 4.35. The van der Waals surface area contributed by atoms with E-state index < -0.39 is 0 Å². The van der Waals surface area contributed by atoms with Gasteiger partial charge in [0, 0.05) is 17.3 Å². The molecule has 0 aliphatic carbocycles. The van der Waals surface area contributed by atoms with E-state index in [0.717, 1.165) is 33.5 Å². The first-order chi connectivity index (χ1) is 12.6. The van der Waals surface area contributed by atoms with Crippen molar-refractivity contribution in [3.8, 4) is 17.0 Å². The molecule has 4 aromatic rings. The summed E-state index contributed by atoms with van der Waals surface area (Å²) in [5.74, 6) is 1.19. The van der Waals surface area contributed by atoms with Gasteiger partial charge in [-0.3, -0.25) is 4.79 Å². The van der Waals surface area contributed by atoms with Crippen LogP contribution in [-0.2, 0) is 6.42 Å². The Morgan fingerprint density at radius 1 is 1.12 bits per heavy atom. The molecular formula is C20H18N4O2. The minimum absolute atomic E-state index is 0.0405. The molecule has 0 aliphatic rings. The van der Waals surface area contributed by atoms with Crippen molar-refractivity contribution in [3.05, 3.63) is 66.0 Å². The largest absolute Gasteiger partial charge is 0.497 e. The van der Waals surface area contributed by atoms with Crippen molar-refractivity contribution in [2.75, 3.05) is 12.8 Å². The molecular weight excluding hydrogens is 328 g/mol. The molecule has 0 unspecified atom stereocenters. The van der Waals surface area contributed by atoms with Gasteiger partial charge in [0.2, 0.25) is 0 Å². The molecule has 130 valence electrons. The third kappa shape index (κ3) is 3.04. The van der Waals surface area contributed by atoms with Crippen LogP contribution in [0.4, 0.5) is 5.95 Å². The van der Waals surface area contributed by atoms with Gasteiger partial charge >= 0.3 is 0 Å². The first-order valence-electron chi connectivity index (χ1n) is 8.22. The molecule has 4 rings (SSSR count). The number of aromatic amines is 2. The van der Waals surface area contributed by atoms with Crippen molar-refractivity contribution in [3.63, 3.8) is 0 Å². The van der Waals surface area contributed by atoms with Crippen LogP contribution in [0.5, 0.6) is 5.75 Å². The number of carbonyl (C=O) groups excluding carboxylic acids is 1. The van der Waals surface area contributed by atoms with Crippen molar-refractivity contribution in [2.45, 2.75) is 6.42 Å². The molecule has 0 fully saturated rings. The number of ether oxygens (including phenoxy) is 1. The van der Waals surface area contributed by atoms with E-state index in [0.29, 0.717) is 18.1 Å². The van der Waals surface area contributed by atoms with Gasteiger partial charge in [-0.15, -0.1) is 0 Å². The monoisotopic (exact) mass is 346 g/mol. The maximum absolute atomic E-state index is 12.6. The Morgan fingerprint density at radius 2 is 1.92 bits per heavy atom. The zero-order valence-electron chi connectivity index (χ0n) is 14.2. The summed E-state index contributed by atoms with van der Waals surface area (Å²) in [5, 5.41) is 0.958. The number of aromatic nitrogens is 3. The Kier molecular flexibility index (Phi) is 3.93. The van der Waals surface area contributed by atoms with Crippen molar-refractivity contribution >= 4 is 22.6 Å². The Morgan fingerprint density at radius 3 is 2.62 bits per heavy atom. The fraction of sp³-hybridized carbons (Fsp3) is 0.100. The van der Waals surface area contributed by atoms with Crippen LogP contribution in [0.2, 0.25) is 0 Å². The second-order valence-corrected chi connectivity index (χ2v) is 6.12. The van der Waals surface area contributed by atoms with Gasteiger partial charge in [0.1, 0.15) is 5.75 Å². The lowest BCUT2D eigenvalue weighted by Gasteiger charge is -2.02. The highest BCUT2D eigenvalue weighted by molar-refractivity contribution is 6.00. The molecule has 2 aromatic heterocycles. The highest BCUT2D eigenvalue weighted by Gasteiger charge is 2.11. The maximum atomic E-state index is 12.6. The maximum Gasteiger partial charge on any atom is 0.197 e. The number of rotatable bonds is 5. The number of nitrogens with two attached hydrogens (primary N) is 1. The summed E-state index contributed by atoms with van der Waals surface area (Å²) in [6, 6.07) is 15.3. The lowest BCUT2D eigenvalue weighted by Crippen LogP contribution is -2.03. The van der Waals surface area contributed by atoms with Gasteiger partial charge in [-0.05, 0) is 35.4 Å². The van der Waals surface area contributed by atoms with E-state index in [4.69, 9.17) is 10.5 Å². The third-order valence-corrected chi connectivity index (χ3v) is 4.35. The molecule has 0 saturated carbocycles. The van der Waals surface area contributed by atoms with Gasteiger partial charge in [-0.1, -0.05) is 24.3 Å². The predicted molar refractivity (Wildman–Crippen MR) is 101 cm³/mol. The predicted octanol–water partition coefficient (Wildman–Crippen LogP) is 3.57. The number of nitrogen functional groups attached to an aromatic ring is 1. The number of nitrogens with zero attached hydrogens (tertiary/aromatic N) is 1. The van der Waals surface area contributed by atoms with E-state index in [1.165, 1.54) is 0 Å². The number of imidazole rings is 1. The van der Waals surface area contributed by atoms with Crippen LogP contribution >= 0.6 is 0 Å². The van der Waals surface area contributed by atoms with Gasteiger partial charge in [-0.2, -0.15) is 0 Å². The number of benzene rings is 2. The number of H-pyrrole nitrogens is 2. The van der Waals surface area contributed by atoms with Crippen molar-refractivity contribution in [2.24, 2.45) is 0 Å². The minimum Gasteiger partial charge on any atom is -0.497 e. The molecule has 0 bridgehead atoms. The number of carbonyl (C=O) groups is 1. The molecule has 0 radical (unpaired) electrons. The van der Waals surface area contributed by atoms with Gasteiger partial charge in [-0.25, -0.2) is 4.98 Å². The molecule has 26 heavy (non-hydrogen) atoms. The summed E-state index contributed by atoms with van der Waals surface area (Å²) in [5.41, 5.74) is 9.89. The number of ketones is 1. The molecule has 0 spiro atoms. The van der Waals surface area contributed by atoms with Crippen LogP contribution in [-0.4, -0.2) is 27.8 Å². The summed E-state index contributed by atoms with van der Waals surface area (Å²) in [4.78, 5) is 22.8. The van der Waals surface area contributed by atoms with Crippen molar-refractivity contribution in [1.29, 1.82) is 0 Å². The summed E-state index contributed by atoms with van der Waals surface area (Å²) < 4.78 is 5.22. The summed E-state index contributed by atoms with van der Waals surface area (Å²) in [6.07, 6.45) is 2.02. The Labute approximate surface area is 150 Å². The highest BCUT2D eigenvalue weighted by atomic mass is 16.5. The molecule has 0 atom stereocenters. The number of anilines is 1. The lowest BCUT2D eigenvalue weighted by molar-refractivity contribution is 0.0989. The standard InChI is InChI=1S/C20H18N4O2/c1-26-15-6-7-16-14(9-15)10-17(23-16)19(25)8-12-2-4-13(5-3-12)18-11-22-20(21)24-18/h2-7,9-11,23H,8H2,1H3,(H3,21,22,24). The first kappa shape index (κ1) is 16.0. The summed E-state index contributed by atoms with van der Waals surface area (Å²) in [6.45, 7) is 0. The normalized spacial score (nSPS) is 11.0. The minimum atomic E-state index is 0.0405. The molecule has 0 saturated heterocycles. The van der Waals surface area contributed by atoms with Crippen LogP contribution in [0.1, 0.15) is 16.1 Å². The summed E-state index contributed by atoms with van der Waals surface area (Å²) >= 11 is 0. The van der Waals surface area contributed by atoms with Gasteiger partial charge < -0.3 is 20.4 Å². The van der Waals surface area contributed by atoms with Crippen LogP contribution in [0.25, 0.3) is 22.2 Å². The fourth-order valence-electron chi connectivity index (χ4n) is 2.95. The van der Waals surface area contributed by atoms with Crippen LogP contribution in [0.15, 0.2) is 54.7 Å². The van der Waals surface area contributed by atoms with Crippen LogP contribution in [0, 0.1) is 0 Å². The van der Waals surface area contributed by atoms with Gasteiger partial charge in [0.25, 0.3) is 0 Å². The number of methoxy groups -OCH3 is 1. The van der Waals surface area contributed by atoms with E-state index in [-0.39, 0.29) is 5.78 Å². The van der Waals surface area contributed by atoms with E-state index in [9.17, 15) is 4.79 Å². The number of hydrogen-bond acceptors (Lipinski definition) is 4. The average molecular weight is 346 g/mol. The number of nitrogens with one attached hydrogen (secondary N) is 2. The second kappa shape index (κ2) is 6.40. The van der Waals surface area contributed by atoms with Gasteiger partial charge in [0.05, 0.1) is 24.7 Å². The van der Waals surface area contributed by atoms with E-state index >= 15 is 0 Å². The van der Waals surface area contributed by atoms with E-state index in [2.05, 4.69) is 15.0 Å². The molecule has 0 aliphatic heterocycles. The summed E-state index contributed by atoms with van der Waals surface area (Å²) in [7, 11) is 1.63. The first-order valence-corrected chi connectivity index (χ1v) is 8.22. The van der Waals surface area contributed by atoms with Gasteiger partial charge in [0.15, 0.2) is 11.7 Å². The van der Waals surface area contributed by atoms with Crippen LogP contribution in [0.3, 0.4) is 0 Å². The second-order valence-electron chi connectivity index (χ2n) is 6.12. The van der Waals surface area contributed by atoms with E-state index in [1.807, 2.05) is 48.5 Å². The molecule has 2 aromatic carbocycles. The Balaban J connectivity index is 1.52. The quantitative estimate of drug-likeness (QED) is 0.481. The molecule has 4 N–H and O–H groups in total. The number of hydrogen-bond donors (Lipinski definition) is 3. The molecule has 6 heteroatoms. The smallest absolute Gasteiger partial charge is 0.197 e. The Bertz CT molecular complexity index is 1080. The van der Waals surface area contributed by atoms with E-state index in [1.54, 1.807) is 13.3 Å². The van der Waals surface area contributed by atoms with Crippen LogP contribution < -0.4 is 10.5 Å². The molecule has 0 amide bonds. The van der Waals surface area contributed by atoms with Crippen molar-refractivity contribution in [1.82, 2.24) is 15.0 Å². The zero-order valence-corrected chi connectivity index (χ0v) is 14.2. The number of fused-ring (bicyclic) bond motifs is 1. The lowest BCUT2D eigenvalue weighted by atomic mass is 10.0. The topological polar surface area (TPSA) is 96.8 Å². The Hall–Kier alpha value is -3.54. The zero-order chi connectivity index (χ0) is 18.1. The average Bonchev–Trinajstić information content (AvgIpc) is 3.27.